The van der Waals surface area contributed by atoms with Crippen LogP contribution in [0.4, 0.5) is 0 Å². The molecule has 1 aromatic carbocycles. The summed E-state index contributed by atoms with van der Waals surface area (Å²) in [5.41, 5.74) is 5.62. The van der Waals surface area contributed by atoms with Gasteiger partial charge in [-0.25, -0.2) is 0 Å². The molecular weight excluding hydrogens is 334 g/mol. The van der Waals surface area contributed by atoms with Gasteiger partial charge in [-0.1, -0.05) is 12.1 Å². The van der Waals surface area contributed by atoms with Crippen LogP contribution in [-0.4, -0.2) is 48.6 Å². The number of ether oxygens (including phenoxy) is 1. The molecule has 0 spiro atoms. The van der Waals surface area contributed by atoms with Gasteiger partial charge >= 0.3 is 0 Å². The van der Waals surface area contributed by atoms with Crippen molar-refractivity contribution in [2.24, 2.45) is 5.92 Å². The monoisotopic (exact) mass is 365 g/mol. The van der Waals surface area contributed by atoms with E-state index in [4.69, 9.17) is 4.74 Å². The van der Waals surface area contributed by atoms with Crippen LogP contribution in [0.5, 0.6) is 5.75 Å². The predicted molar refractivity (Wildman–Crippen MR) is 109 cm³/mol. The first kappa shape index (κ1) is 18.5. The van der Waals surface area contributed by atoms with E-state index >= 15 is 0 Å². The molecule has 0 N–H and O–H groups in total. The number of fused-ring (bicyclic) bond motifs is 2. The van der Waals surface area contributed by atoms with Gasteiger partial charge in [0.1, 0.15) is 5.75 Å². The second-order valence-electron chi connectivity index (χ2n) is 8.32. The molecule has 0 radical (unpaired) electrons. The van der Waals surface area contributed by atoms with Crippen LogP contribution < -0.4 is 4.74 Å². The van der Waals surface area contributed by atoms with Crippen molar-refractivity contribution in [2.45, 2.75) is 38.8 Å². The van der Waals surface area contributed by atoms with Crippen LogP contribution in [0.2, 0.25) is 0 Å². The maximum Gasteiger partial charge on any atom is 0.119 e. The van der Waals surface area contributed by atoms with Crippen LogP contribution in [0.1, 0.15) is 35.2 Å². The van der Waals surface area contributed by atoms with Crippen LogP contribution in [0, 0.1) is 5.92 Å². The van der Waals surface area contributed by atoms with E-state index in [1.54, 1.807) is 0 Å². The van der Waals surface area contributed by atoms with E-state index in [-0.39, 0.29) is 0 Å². The zero-order chi connectivity index (χ0) is 18.6. The summed E-state index contributed by atoms with van der Waals surface area (Å²) >= 11 is 0. The van der Waals surface area contributed by atoms with Gasteiger partial charge in [-0.05, 0) is 80.6 Å². The highest BCUT2D eigenvalue weighted by molar-refractivity contribution is 5.37. The lowest BCUT2D eigenvalue weighted by Crippen LogP contribution is -2.26. The summed E-state index contributed by atoms with van der Waals surface area (Å²) in [6.07, 6.45) is 6.62. The maximum absolute atomic E-state index is 6.05. The average Bonchev–Trinajstić information content (AvgIpc) is 3.07. The van der Waals surface area contributed by atoms with E-state index < -0.39 is 0 Å². The van der Waals surface area contributed by atoms with Crippen LogP contribution >= 0.6 is 0 Å². The average molecular weight is 366 g/mol. The van der Waals surface area contributed by atoms with Gasteiger partial charge < -0.3 is 9.64 Å². The Balaban J connectivity index is 1.22. The minimum atomic E-state index is 0.780. The number of aromatic nitrogens is 1. The largest absolute Gasteiger partial charge is 0.494 e. The van der Waals surface area contributed by atoms with Crippen molar-refractivity contribution in [3.05, 3.63) is 58.9 Å². The number of hydrogen-bond donors (Lipinski definition) is 0. The lowest BCUT2D eigenvalue weighted by atomic mass is 9.83. The number of aryl methyl sites for hydroxylation is 1. The van der Waals surface area contributed by atoms with Gasteiger partial charge in [-0.15, -0.1) is 0 Å². The highest BCUT2D eigenvalue weighted by Crippen LogP contribution is 2.29. The summed E-state index contributed by atoms with van der Waals surface area (Å²) in [7, 11) is 4.34. The van der Waals surface area contributed by atoms with Crippen molar-refractivity contribution >= 4 is 0 Å². The minimum absolute atomic E-state index is 0.780. The number of hydrogen-bond acceptors (Lipinski definition) is 4. The van der Waals surface area contributed by atoms with E-state index in [2.05, 4.69) is 53.1 Å². The number of benzene rings is 1. The first-order valence-corrected chi connectivity index (χ1v) is 10.2. The summed E-state index contributed by atoms with van der Waals surface area (Å²) in [6.45, 7) is 5.03. The summed E-state index contributed by atoms with van der Waals surface area (Å²) < 4.78 is 6.05. The highest BCUT2D eigenvalue weighted by Gasteiger charge is 2.20. The Bertz CT molecular complexity index is 749. The van der Waals surface area contributed by atoms with Crippen molar-refractivity contribution in [2.75, 3.05) is 33.8 Å². The summed E-state index contributed by atoms with van der Waals surface area (Å²) in [5.74, 6) is 1.82. The fraction of sp³-hybridized carbons (Fsp3) is 0.522. The van der Waals surface area contributed by atoms with Gasteiger partial charge in [0, 0.05) is 32.4 Å². The predicted octanol–water partition coefficient (Wildman–Crippen LogP) is 3.53. The number of nitrogens with zero attached hydrogens (tertiary/aromatic N) is 3. The molecule has 1 aliphatic heterocycles. The molecular formula is C23H31N3O. The minimum Gasteiger partial charge on any atom is -0.494 e. The topological polar surface area (TPSA) is 28.6 Å². The Kier molecular flexibility index (Phi) is 5.74. The van der Waals surface area contributed by atoms with E-state index in [9.17, 15) is 0 Å². The van der Waals surface area contributed by atoms with Crippen molar-refractivity contribution in [1.82, 2.24) is 14.8 Å². The van der Waals surface area contributed by atoms with Gasteiger partial charge in [0.15, 0.2) is 0 Å². The normalized spacial score (nSPS) is 19.1. The molecule has 0 bridgehead atoms. The molecule has 144 valence electrons. The zero-order valence-electron chi connectivity index (χ0n) is 16.7. The molecule has 4 rings (SSSR count). The van der Waals surface area contributed by atoms with Gasteiger partial charge in [0.2, 0.25) is 0 Å². The first-order valence-electron chi connectivity index (χ1n) is 10.2. The van der Waals surface area contributed by atoms with Gasteiger partial charge in [0.05, 0.1) is 12.3 Å². The Labute approximate surface area is 163 Å². The zero-order valence-corrected chi connectivity index (χ0v) is 16.7. The molecule has 0 fully saturated rings. The fourth-order valence-electron chi connectivity index (χ4n) is 4.47. The molecule has 1 unspecified atom stereocenters. The maximum atomic E-state index is 6.05. The van der Waals surface area contributed by atoms with E-state index in [0.717, 1.165) is 44.3 Å². The molecule has 4 heteroatoms. The molecule has 0 saturated carbocycles. The molecule has 2 aromatic rings. The third-order valence-corrected chi connectivity index (χ3v) is 5.77. The van der Waals surface area contributed by atoms with Gasteiger partial charge in [-0.2, -0.15) is 0 Å². The van der Waals surface area contributed by atoms with Crippen molar-refractivity contribution in [3.63, 3.8) is 0 Å². The lowest BCUT2D eigenvalue weighted by molar-refractivity contribution is 0.237. The second kappa shape index (κ2) is 8.41. The van der Waals surface area contributed by atoms with Crippen molar-refractivity contribution in [3.8, 4) is 5.75 Å². The molecule has 4 nitrogen and oxygen atoms in total. The molecule has 2 aliphatic rings. The number of pyridine rings is 1. The van der Waals surface area contributed by atoms with Gasteiger partial charge in [-0.3, -0.25) is 9.88 Å². The summed E-state index contributed by atoms with van der Waals surface area (Å²) in [6, 6.07) is 10.9. The fourth-order valence-corrected chi connectivity index (χ4v) is 4.47. The van der Waals surface area contributed by atoms with E-state index in [1.165, 1.54) is 48.2 Å². The third-order valence-electron chi connectivity index (χ3n) is 5.77. The summed E-state index contributed by atoms with van der Waals surface area (Å²) in [5, 5.41) is 0. The first-order chi connectivity index (χ1) is 13.2. The van der Waals surface area contributed by atoms with Crippen molar-refractivity contribution < 1.29 is 4.74 Å². The van der Waals surface area contributed by atoms with Gasteiger partial charge in [0.25, 0.3) is 0 Å². The molecule has 2 heterocycles. The number of rotatable bonds is 7. The molecule has 0 saturated heterocycles. The highest BCUT2D eigenvalue weighted by atomic mass is 16.5. The SMILES string of the molecule is CN(C)CC1CCc2cc(OCCCN3Cc4cccnc4C3)ccc2C1. The second-order valence-corrected chi connectivity index (χ2v) is 8.32. The van der Waals surface area contributed by atoms with E-state index in [1.807, 2.05) is 12.3 Å². The third kappa shape index (κ3) is 4.69. The van der Waals surface area contributed by atoms with E-state index in [0.29, 0.717) is 0 Å². The Morgan fingerprint density at radius 3 is 2.93 bits per heavy atom. The van der Waals surface area contributed by atoms with Crippen LogP contribution in [0.15, 0.2) is 36.5 Å². The Morgan fingerprint density at radius 2 is 2.07 bits per heavy atom. The molecule has 1 aromatic heterocycles. The summed E-state index contributed by atoms with van der Waals surface area (Å²) in [4.78, 5) is 9.24. The van der Waals surface area contributed by atoms with Crippen LogP contribution in [-0.2, 0) is 25.9 Å². The standard InChI is InChI=1S/C23H31N3O/c1-25(2)15-18-6-7-20-14-22(9-8-19(20)13-18)27-12-4-11-26-16-21-5-3-10-24-23(21)17-26/h3,5,8-10,14,18H,4,6-7,11-13,15-17H2,1-2H3. The molecule has 1 aliphatic carbocycles. The van der Waals surface area contributed by atoms with Crippen LogP contribution in [0.3, 0.4) is 0 Å². The van der Waals surface area contributed by atoms with Crippen LogP contribution in [0.25, 0.3) is 0 Å². The molecule has 0 amide bonds. The molecule has 1 atom stereocenters. The lowest BCUT2D eigenvalue weighted by Gasteiger charge is -2.27. The Morgan fingerprint density at radius 1 is 1.15 bits per heavy atom. The van der Waals surface area contributed by atoms with Crippen molar-refractivity contribution in [1.29, 1.82) is 0 Å². The Hall–Kier alpha value is -1.91. The smallest absolute Gasteiger partial charge is 0.119 e. The molecule has 27 heavy (non-hydrogen) atoms. The quantitative estimate of drug-likeness (QED) is 0.702.